The van der Waals surface area contributed by atoms with Crippen molar-refractivity contribution in [3.05, 3.63) is 12.7 Å². The van der Waals surface area contributed by atoms with E-state index >= 15 is 0 Å². The highest BCUT2D eigenvalue weighted by atomic mass is 16.5. The summed E-state index contributed by atoms with van der Waals surface area (Å²) in [5.41, 5.74) is 0. The van der Waals surface area contributed by atoms with Crippen LogP contribution in [0.15, 0.2) is 12.7 Å². The number of rotatable bonds is 11. The Morgan fingerprint density at radius 1 is 1.41 bits per heavy atom. The summed E-state index contributed by atoms with van der Waals surface area (Å²) in [4.78, 5) is 2.45. The first-order chi connectivity index (χ1) is 8.15. The second kappa shape index (κ2) is 10.8. The summed E-state index contributed by atoms with van der Waals surface area (Å²) in [6.07, 6.45) is 4.41. The molecule has 17 heavy (non-hydrogen) atoms. The molecule has 3 nitrogen and oxygen atoms in total. The maximum atomic E-state index is 5.18. The van der Waals surface area contributed by atoms with Crippen molar-refractivity contribution < 1.29 is 4.74 Å². The van der Waals surface area contributed by atoms with Crippen LogP contribution in [0, 0.1) is 0 Å². The number of ether oxygens (including phenoxy) is 1. The third-order valence-corrected chi connectivity index (χ3v) is 2.85. The molecule has 1 atom stereocenters. The number of nitrogens with zero attached hydrogens (tertiary/aromatic N) is 1. The number of hydrogen-bond donors (Lipinski definition) is 1. The lowest BCUT2D eigenvalue weighted by Gasteiger charge is -2.31. The van der Waals surface area contributed by atoms with Crippen molar-refractivity contribution in [3.63, 3.8) is 0 Å². The second-order valence-electron chi connectivity index (χ2n) is 4.78. The Kier molecular flexibility index (Phi) is 10.5. The van der Waals surface area contributed by atoms with E-state index in [2.05, 4.69) is 37.6 Å². The lowest BCUT2D eigenvalue weighted by Crippen LogP contribution is -2.45. The van der Waals surface area contributed by atoms with E-state index in [1.54, 1.807) is 7.11 Å². The molecule has 1 N–H and O–H groups in total. The fourth-order valence-electron chi connectivity index (χ4n) is 1.92. The fraction of sp³-hybridized carbons (Fsp3) is 0.857. The van der Waals surface area contributed by atoms with E-state index in [-0.39, 0.29) is 0 Å². The molecule has 0 aliphatic rings. The van der Waals surface area contributed by atoms with Gasteiger partial charge in [0.2, 0.25) is 0 Å². The number of hydrogen-bond acceptors (Lipinski definition) is 3. The van der Waals surface area contributed by atoms with E-state index < -0.39 is 0 Å². The van der Waals surface area contributed by atoms with Gasteiger partial charge in [-0.1, -0.05) is 33.3 Å². The maximum Gasteiger partial charge on any atom is 0.0589 e. The lowest BCUT2D eigenvalue weighted by molar-refractivity contribution is 0.122. The van der Waals surface area contributed by atoms with Crippen LogP contribution in [0.25, 0.3) is 0 Å². The van der Waals surface area contributed by atoms with Gasteiger partial charge in [-0.3, -0.25) is 4.90 Å². The van der Waals surface area contributed by atoms with Crippen LogP contribution >= 0.6 is 0 Å². The minimum Gasteiger partial charge on any atom is -0.383 e. The van der Waals surface area contributed by atoms with Crippen molar-refractivity contribution in [2.24, 2.45) is 0 Å². The van der Waals surface area contributed by atoms with Crippen LogP contribution < -0.4 is 5.32 Å². The van der Waals surface area contributed by atoms with Crippen LogP contribution in [0.5, 0.6) is 0 Å². The predicted octanol–water partition coefficient (Wildman–Crippen LogP) is 2.29. The van der Waals surface area contributed by atoms with Gasteiger partial charge in [0.25, 0.3) is 0 Å². The molecule has 102 valence electrons. The zero-order chi connectivity index (χ0) is 13.1. The van der Waals surface area contributed by atoms with Gasteiger partial charge in [-0.25, -0.2) is 0 Å². The van der Waals surface area contributed by atoms with Crippen LogP contribution in [-0.4, -0.2) is 50.3 Å². The average Bonchev–Trinajstić information content (AvgIpc) is 2.30. The maximum absolute atomic E-state index is 5.18. The van der Waals surface area contributed by atoms with Gasteiger partial charge in [0, 0.05) is 38.8 Å². The van der Waals surface area contributed by atoms with Gasteiger partial charge < -0.3 is 10.1 Å². The zero-order valence-corrected chi connectivity index (χ0v) is 12.0. The highest BCUT2D eigenvalue weighted by Gasteiger charge is 2.16. The Morgan fingerprint density at radius 2 is 2.12 bits per heavy atom. The van der Waals surface area contributed by atoms with Gasteiger partial charge >= 0.3 is 0 Å². The molecule has 3 heteroatoms. The Bertz CT molecular complexity index is 183. The van der Waals surface area contributed by atoms with Crippen LogP contribution in [0.3, 0.4) is 0 Å². The van der Waals surface area contributed by atoms with Crippen molar-refractivity contribution >= 4 is 0 Å². The molecule has 0 bridgehead atoms. The first-order valence-corrected chi connectivity index (χ1v) is 6.72. The van der Waals surface area contributed by atoms with E-state index in [1.165, 1.54) is 12.8 Å². The molecular weight excluding hydrogens is 212 g/mol. The number of methoxy groups -OCH3 is 1. The van der Waals surface area contributed by atoms with Crippen molar-refractivity contribution in [1.82, 2.24) is 10.2 Å². The van der Waals surface area contributed by atoms with Crippen LogP contribution in [0.2, 0.25) is 0 Å². The molecule has 0 aromatic carbocycles. The largest absolute Gasteiger partial charge is 0.383 e. The molecule has 0 rings (SSSR count). The minimum absolute atomic E-state index is 0.544. The highest BCUT2D eigenvalue weighted by Crippen LogP contribution is 2.07. The fourth-order valence-corrected chi connectivity index (χ4v) is 1.92. The molecule has 0 saturated carbocycles. The smallest absolute Gasteiger partial charge is 0.0589 e. The Morgan fingerprint density at radius 3 is 2.59 bits per heavy atom. The summed E-state index contributed by atoms with van der Waals surface area (Å²) < 4.78 is 5.18. The minimum atomic E-state index is 0.544. The lowest BCUT2D eigenvalue weighted by atomic mass is 10.1. The first-order valence-electron chi connectivity index (χ1n) is 6.72. The molecule has 0 aliphatic carbocycles. The molecule has 0 heterocycles. The van der Waals surface area contributed by atoms with E-state index in [0.717, 1.165) is 26.2 Å². The molecule has 0 aromatic rings. The van der Waals surface area contributed by atoms with Crippen molar-refractivity contribution in [1.29, 1.82) is 0 Å². The molecule has 1 unspecified atom stereocenters. The Hall–Kier alpha value is -0.380. The van der Waals surface area contributed by atoms with Gasteiger partial charge in [0.15, 0.2) is 0 Å². The Labute approximate surface area is 107 Å². The van der Waals surface area contributed by atoms with E-state index in [1.807, 2.05) is 6.08 Å². The van der Waals surface area contributed by atoms with Gasteiger partial charge in [-0.2, -0.15) is 0 Å². The van der Waals surface area contributed by atoms with E-state index in [9.17, 15) is 0 Å². The monoisotopic (exact) mass is 242 g/mol. The SMILES string of the molecule is C=CCN(CCOC)C(CCC)CNC(C)C. The first kappa shape index (κ1) is 16.6. The summed E-state index contributed by atoms with van der Waals surface area (Å²) in [7, 11) is 1.76. The van der Waals surface area contributed by atoms with E-state index in [0.29, 0.717) is 12.1 Å². The second-order valence-corrected chi connectivity index (χ2v) is 4.78. The Balaban J connectivity index is 4.28. The molecule has 0 amide bonds. The van der Waals surface area contributed by atoms with Crippen molar-refractivity contribution in [2.45, 2.75) is 45.7 Å². The third kappa shape index (κ3) is 8.36. The van der Waals surface area contributed by atoms with Crippen molar-refractivity contribution in [2.75, 3.05) is 33.4 Å². The molecule has 0 aliphatic heterocycles. The van der Waals surface area contributed by atoms with Crippen molar-refractivity contribution in [3.8, 4) is 0 Å². The third-order valence-electron chi connectivity index (χ3n) is 2.85. The van der Waals surface area contributed by atoms with Crippen LogP contribution in [0.4, 0.5) is 0 Å². The standard InChI is InChI=1S/C14H30N2O/c1-6-8-14(12-15-13(3)4)16(9-7-2)10-11-17-5/h7,13-15H,2,6,8-12H2,1,3-5H3. The molecule has 0 aromatic heterocycles. The topological polar surface area (TPSA) is 24.5 Å². The molecular formula is C14H30N2O. The summed E-state index contributed by atoms with van der Waals surface area (Å²) in [5.74, 6) is 0. The highest BCUT2D eigenvalue weighted by molar-refractivity contribution is 4.81. The number of nitrogens with one attached hydrogen (secondary N) is 1. The predicted molar refractivity (Wildman–Crippen MR) is 75.5 cm³/mol. The van der Waals surface area contributed by atoms with Gasteiger partial charge in [-0.15, -0.1) is 6.58 Å². The molecule has 0 fully saturated rings. The normalized spacial score (nSPS) is 13.3. The summed E-state index contributed by atoms with van der Waals surface area (Å²) in [6, 6.07) is 1.12. The van der Waals surface area contributed by atoms with Crippen LogP contribution in [-0.2, 0) is 4.74 Å². The molecule has 0 saturated heterocycles. The average molecular weight is 242 g/mol. The summed E-state index contributed by atoms with van der Waals surface area (Å²) >= 11 is 0. The zero-order valence-electron chi connectivity index (χ0n) is 12.0. The van der Waals surface area contributed by atoms with Gasteiger partial charge in [-0.05, 0) is 6.42 Å². The molecule has 0 spiro atoms. The summed E-state index contributed by atoms with van der Waals surface area (Å²) in [6.45, 7) is 14.2. The van der Waals surface area contributed by atoms with E-state index in [4.69, 9.17) is 4.74 Å². The quantitative estimate of drug-likeness (QED) is 0.563. The van der Waals surface area contributed by atoms with Gasteiger partial charge in [0.1, 0.15) is 0 Å². The van der Waals surface area contributed by atoms with Crippen LogP contribution in [0.1, 0.15) is 33.6 Å². The summed E-state index contributed by atoms with van der Waals surface area (Å²) in [5, 5.41) is 3.53. The van der Waals surface area contributed by atoms with Gasteiger partial charge in [0.05, 0.1) is 6.61 Å². The molecule has 0 radical (unpaired) electrons.